The predicted molar refractivity (Wildman–Crippen MR) is 136 cm³/mol. The molecule has 0 spiro atoms. The van der Waals surface area contributed by atoms with E-state index in [2.05, 4.69) is 5.32 Å². The molecule has 2 aliphatic carbocycles. The van der Waals surface area contributed by atoms with Gasteiger partial charge in [-0.15, -0.1) is 0 Å². The van der Waals surface area contributed by atoms with Gasteiger partial charge in [0.15, 0.2) is 0 Å². The van der Waals surface area contributed by atoms with Crippen LogP contribution in [-0.2, 0) is 33.2 Å². The van der Waals surface area contributed by atoms with Crippen LogP contribution in [0.4, 0.5) is 35.9 Å². The summed E-state index contributed by atoms with van der Waals surface area (Å²) in [4.78, 5) is 38.3. The maximum absolute atomic E-state index is 13.5. The van der Waals surface area contributed by atoms with E-state index in [-0.39, 0.29) is 30.7 Å². The average Bonchev–Trinajstić information content (AvgIpc) is 3.67. The van der Waals surface area contributed by atoms with E-state index in [1.807, 2.05) is 13.8 Å². The van der Waals surface area contributed by atoms with E-state index < -0.39 is 70.4 Å². The van der Waals surface area contributed by atoms with Gasteiger partial charge in [0.2, 0.25) is 0 Å². The molecule has 0 heterocycles. The van der Waals surface area contributed by atoms with Crippen LogP contribution in [0.25, 0.3) is 0 Å². The van der Waals surface area contributed by atoms with Crippen molar-refractivity contribution in [2.75, 3.05) is 7.11 Å². The number of alkyl halides is 6. The lowest BCUT2D eigenvalue weighted by Gasteiger charge is -2.36. The number of halogens is 6. The van der Waals surface area contributed by atoms with Crippen molar-refractivity contribution in [3.8, 4) is 0 Å². The summed E-state index contributed by atoms with van der Waals surface area (Å²) in [5.41, 5.74) is -5.58. The highest BCUT2D eigenvalue weighted by Gasteiger charge is 2.58. The Labute approximate surface area is 234 Å². The molecule has 2 unspecified atom stereocenters. The van der Waals surface area contributed by atoms with Crippen LogP contribution in [0.3, 0.4) is 0 Å². The van der Waals surface area contributed by atoms with Crippen LogP contribution in [0.1, 0.15) is 77.0 Å². The average molecular weight is 595 g/mol. The van der Waals surface area contributed by atoms with Gasteiger partial charge in [0.1, 0.15) is 11.9 Å². The highest BCUT2D eigenvalue weighted by molar-refractivity contribution is 5.70. The van der Waals surface area contributed by atoms with Gasteiger partial charge in [-0.1, -0.05) is 13.8 Å². The third-order valence-electron chi connectivity index (χ3n) is 7.94. The van der Waals surface area contributed by atoms with Crippen LogP contribution in [0, 0.1) is 17.3 Å². The smallest absolute Gasteiger partial charge is 0.416 e. The Bertz CT molecular complexity index is 1130. The number of methoxy groups -OCH3 is 1. The maximum atomic E-state index is 13.5. The minimum absolute atomic E-state index is 0.0228. The van der Waals surface area contributed by atoms with Crippen molar-refractivity contribution in [1.82, 2.24) is 10.2 Å². The first-order valence-electron chi connectivity index (χ1n) is 13.2. The quantitative estimate of drug-likeness (QED) is 0.247. The van der Waals surface area contributed by atoms with E-state index in [4.69, 9.17) is 9.47 Å². The fourth-order valence-corrected chi connectivity index (χ4v) is 5.41. The zero-order valence-electron chi connectivity index (χ0n) is 23.8. The lowest BCUT2D eigenvalue weighted by atomic mass is 9.89. The van der Waals surface area contributed by atoms with Crippen molar-refractivity contribution in [2.24, 2.45) is 17.3 Å². The van der Waals surface area contributed by atoms with Crippen LogP contribution in [0.15, 0.2) is 18.2 Å². The van der Waals surface area contributed by atoms with Gasteiger partial charge >= 0.3 is 24.5 Å². The van der Waals surface area contributed by atoms with Gasteiger partial charge in [0, 0.05) is 24.0 Å². The zero-order valence-corrected chi connectivity index (χ0v) is 23.8. The number of carbonyl (C=O) groups is 3. The van der Waals surface area contributed by atoms with Crippen molar-refractivity contribution in [3.63, 3.8) is 0 Å². The predicted octanol–water partition coefficient (Wildman–Crippen LogP) is 6.97. The molecule has 3 rings (SSSR count). The summed E-state index contributed by atoms with van der Waals surface area (Å²) in [6.45, 7) is 8.14. The Morgan fingerprint density at radius 2 is 1.59 bits per heavy atom. The van der Waals surface area contributed by atoms with Crippen LogP contribution >= 0.6 is 0 Å². The number of amides is 2. The van der Waals surface area contributed by atoms with Crippen LogP contribution in [0.5, 0.6) is 0 Å². The first kappa shape index (κ1) is 32.5. The number of nitrogens with zero attached hydrogens (tertiary/aromatic N) is 1. The van der Waals surface area contributed by atoms with Gasteiger partial charge in [0.25, 0.3) is 0 Å². The number of ether oxygens (including phenoxy) is 2. The summed E-state index contributed by atoms with van der Waals surface area (Å²) in [5, 5.41) is 2.86. The molecule has 0 aliphatic heterocycles. The summed E-state index contributed by atoms with van der Waals surface area (Å²) in [5.74, 6) is -0.377. The number of rotatable bonds is 9. The summed E-state index contributed by atoms with van der Waals surface area (Å²) in [6.07, 6.45) is -9.65. The van der Waals surface area contributed by atoms with E-state index in [9.17, 15) is 40.7 Å². The molecule has 41 heavy (non-hydrogen) atoms. The molecule has 0 bridgehead atoms. The third kappa shape index (κ3) is 8.06. The van der Waals surface area contributed by atoms with Gasteiger partial charge < -0.3 is 24.5 Å². The van der Waals surface area contributed by atoms with E-state index in [1.54, 1.807) is 20.8 Å². The van der Waals surface area contributed by atoms with Crippen LogP contribution < -0.4 is 5.32 Å². The van der Waals surface area contributed by atoms with Crippen molar-refractivity contribution in [2.45, 2.75) is 96.4 Å². The van der Waals surface area contributed by atoms with Crippen molar-refractivity contribution < 1.29 is 50.2 Å². The monoisotopic (exact) mass is 594 g/mol. The molecule has 0 saturated heterocycles. The minimum atomic E-state index is -5.06. The number of hydrogen-bond donors (Lipinski definition) is 1. The van der Waals surface area contributed by atoms with E-state index in [0.717, 1.165) is 18.3 Å². The fourth-order valence-electron chi connectivity index (χ4n) is 5.41. The normalized spacial score (nSPS) is 26.5. The Balaban J connectivity index is 2.01. The summed E-state index contributed by atoms with van der Waals surface area (Å²) < 4.78 is 91.5. The molecule has 7 nitrogen and oxygen atoms in total. The molecule has 13 heteroatoms. The second-order valence-corrected chi connectivity index (χ2v) is 12.6. The molecule has 2 fully saturated rings. The lowest BCUT2D eigenvalue weighted by molar-refractivity contribution is -0.143. The molecule has 5 atom stereocenters. The number of alkyl carbamates (subject to hydrolysis) is 1. The Kier molecular flexibility index (Phi) is 8.74. The first-order chi connectivity index (χ1) is 18.6. The summed E-state index contributed by atoms with van der Waals surface area (Å²) in [6, 6.07) is 0.365. The number of nitrogens with one attached hydrogen (secondary N) is 1. The second kappa shape index (κ2) is 11.0. The van der Waals surface area contributed by atoms with E-state index in [1.165, 1.54) is 0 Å². The summed E-state index contributed by atoms with van der Waals surface area (Å²) in [7, 11) is 1.06. The van der Waals surface area contributed by atoms with Crippen LogP contribution in [0.2, 0.25) is 0 Å². The van der Waals surface area contributed by atoms with E-state index in [0.29, 0.717) is 25.0 Å². The number of carbonyl (C=O) groups excluding carboxylic acids is 3. The molecule has 1 aromatic rings. The first-order valence-corrected chi connectivity index (χ1v) is 13.2. The molecule has 1 N–H and O–H groups in total. The Morgan fingerprint density at radius 1 is 1.05 bits per heavy atom. The molecule has 2 saturated carbocycles. The molecule has 2 amide bonds. The minimum Gasteiger partial charge on any atom is -0.453 e. The SMILES string of the molecule is COC(=O)N(Cc1cc(C(F)(F)F)cc(C(F)(F)F)c1)[C@H](CC1(C)C[C@H]1C=O)CC1(NC(=O)OC(C)(C)C)C[C@H]1C. The van der Waals surface area contributed by atoms with Gasteiger partial charge in [-0.2, -0.15) is 26.3 Å². The molecule has 0 radical (unpaired) electrons. The van der Waals surface area contributed by atoms with Gasteiger partial charge in [0.05, 0.1) is 18.2 Å². The number of aldehydes is 1. The molecular weight excluding hydrogens is 558 g/mol. The molecular formula is C28H36F6N2O5. The Morgan fingerprint density at radius 3 is 1.98 bits per heavy atom. The highest BCUT2D eigenvalue weighted by atomic mass is 19.4. The van der Waals surface area contributed by atoms with Crippen molar-refractivity contribution in [3.05, 3.63) is 34.9 Å². The topological polar surface area (TPSA) is 84.9 Å². The Hall–Kier alpha value is -2.99. The van der Waals surface area contributed by atoms with Gasteiger partial charge in [-0.25, -0.2) is 9.59 Å². The standard InChI is InChI=1S/C28H36F6N2O5/c1-16-10-26(16,35-22(38)41-24(2,3)4)13-21(12-25(5)11-20(25)15-37)36(23(39)40-6)14-17-7-18(27(29,30)31)9-19(8-17)28(32,33)34/h7-9,15-16,20-21H,10-14H2,1-6H3,(H,35,38)/t16-,20+,21-,25?,26?/m1/s1. The van der Waals surface area contributed by atoms with E-state index >= 15 is 0 Å². The number of hydrogen-bond acceptors (Lipinski definition) is 5. The molecule has 230 valence electrons. The maximum Gasteiger partial charge on any atom is 0.416 e. The number of benzene rings is 1. The van der Waals surface area contributed by atoms with Crippen molar-refractivity contribution >= 4 is 18.5 Å². The van der Waals surface area contributed by atoms with Crippen molar-refractivity contribution in [1.29, 1.82) is 0 Å². The largest absolute Gasteiger partial charge is 0.453 e. The second-order valence-electron chi connectivity index (χ2n) is 12.6. The summed E-state index contributed by atoms with van der Waals surface area (Å²) >= 11 is 0. The third-order valence-corrected chi connectivity index (χ3v) is 7.94. The zero-order chi connectivity index (χ0) is 31.2. The molecule has 1 aromatic carbocycles. The van der Waals surface area contributed by atoms with Gasteiger partial charge in [-0.3, -0.25) is 0 Å². The molecule has 0 aromatic heterocycles. The molecule has 2 aliphatic rings. The van der Waals surface area contributed by atoms with Crippen LogP contribution in [-0.4, -0.2) is 47.7 Å². The fraction of sp³-hybridized carbons (Fsp3) is 0.679. The lowest BCUT2D eigenvalue weighted by Crippen LogP contribution is -2.49. The highest BCUT2D eigenvalue weighted by Crippen LogP contribution is 2.57. The van der Waals surface area contributed by atoms with Gasteiger partial charge in [-0.05, 0) is 81.5 Å².